The van der Waals surface area contributed by atoms with Crippen LogP contribution in [0.4, 0.5) is 0 Å². The van der Waals surface area contributed by atoms with E-state index in [4.69, 9.17) is 14.7 Å². The Hall–Kier alpha value is -5.94. The van der Waals surface area contributed by atoms with Gasteiger partial charge in [0, 0.05) is 33.9 Å². The zero-order valence-corrected chi connectivity index (χ0v) is 26.5. The van der Waals surface area contributed by atoms with Gasteiger partial charge < -0.3 is 9.84 Å². The first-order valence-corrected chi connectivity index (χ1v) is 15.8. The quantitative estimate of drug-likeness (QED) is 0.210. The number of rotatable bonds is 5. The number of fused-ring (bicyclic) bond motifs is 4. The Bertz CT molecular complexity index is 2420. The molecule has 228 valence electrons. The average molecular weight is 612 g/mol. The van der Waals surface area contributed by atoms with E-state index in [9.17, 15) is 5.11 Å². The molecular weight excluding hydrogens is 578 g/mol. The summed E-state index contributed by atoms with van der Waals surface area (Å²) in [6.07, 6.45) is 0. The second-order valence-electron chi connectivity index (χ2n) is 12.9. The molecule has 0 unspecified atom stereocenters. The number of aromatic hydroxyl groups is 1. The second-order valence-corrected chi connectivity index (χ2v) is 12.9. The highest BCUT2D eigenvalue weighted by molar-refractivity contribution is 6.10. The Kier molecular flexibility index (Phi) is 6.76. The lowest BCUT2D eigenvalue weighted by molar-refractivity contribution is 0.460. The van der Waals surface area contributed by atoms with Crippen molar-refractivity contribution in [2.45, 2.75) is 26.2 Å². The summed E-state index contributed by atoms with van der Waals surface area (Å²) in [5, 5.41) is 13.9. The van der Waals surface area contributed by atoms with E-state index in [1.165, 1.54) is 0 Å². The van der Waals surface area contributed by atoms with Crippen molar-refractivity contribution in [3.8, 4) is 45.6 Å². The van der Waals surface area contributed by atoms with E-state index < -0.39 is 0 Å². The molecule has 0 fully saturated rings. The minimum absolute atomic E-state index is 0.0965. The van der Waals surface area contributed by atoms with Gasteiger partial charge in [0.25, 0.3) is 0 Å². The molecule has 47 heavy (non-hydrogen) atoms. The van der Waals surface area contributed by atoms with Crippen LogP contribution in [0.2, 0.25) is 0 Å². The van der Waals surface area contributed by atoms with Gasteiger partial charge in [-0.05, 0) is 64.6 Å². The molecule has 0 radical (unpaired) electrons. The fourth-order valence-corrected chi connectivity index (χ4v) is 6.45. The third kappa shape index (κ3) is 5.16. The minimum atomic E-state index is -0.0965. The molecule has 0 aliphatic rings. The Morgan fingerprint density at radius 1 is 0.574 bits per heavy atom. The normalized spacial score (nSPS) is 11.8. The zero-order valence-electron chi connectivity index (χ0n) is 26.5. The predicted octanol–water partition coefficient (Wildman–Crippen LogP) is 10.9. The lowest BCUT2D eigenvalue weighted by Gasteiger charge is -2.21. The summed E-state index contributed by atoms with van der Waals surface area (Å²) < 4.78 is 8.61. The van der Waals surface area contributed by atoms with Crippen LogP contribution in [-0.2, 0) is 5.41 Å². The first kappa shape index (κ1) is 28.5. The van der Waals surface area contributed by atoms with Crippen molar-refractivity contribution in [1.82, 2.24) is 14.5 Å². The average Bonchev–Trinajstić information content (AvgIpc) is 3.42. The maximum atomic E-state index is 10.7. The highest BCUT2D eigenvalue weighted by Gasteiger charge is 2.20. The van der Waals surface area contributed by atoms with Gasteiger partial charge in [0.2, 0.25) is 5.88 Å². The van der Waals surface area contributed by atoms with Crippen LogP contribution in [0, 0.1) is 0 Å². The van der Waals surface area contributed by atoms with Crippen LogP contribution >= 0.6 is 0 Å². The van der Waals surface area contributed by atoms with Crippen molar-refractivity contribution in [2.75, 3.05) is 0 Å². The fraction of sp³-hybridized carbons (Fsp3) is 0.0952. The molecule has 3 heterocycles. The third-order valence-electron chi connectivity index (χ3n) is 8.72. The fourth-order valence-electron chi connectivity index (χ4n) is 6.45. The van der Waals surface area contributed by atoms with E-state index >= 15 is 0 Å². The van der Waals surface area contributed by atoms with Gasteiger partial charge in [-0.2, -0.15) is 0 Å². The largest absolute Gasteiger partial charge is 0.506 e. The summed E-state index contributed by atoms with van der Waals surface area (Å²) >= 11 is 0. The number of nitrogens with zero attached hydrogens (tertiary/aromatic N) is 3. The van der Waals surface area contributed by atoms with Crippen LogP contribution in [0.25, 0.3) is 60.9 Å². The number of hydrogen-bond donors (Lipinski definition) is 1. The maximum Gasteiger partial charge on any atom is 0.219 e. The molecule has 0 amide bonds. The number of phenols is 1. The lowest BCUT2D eigenvalue weighted by Crippen LogP contribution is -2.11. The van der Waals surface area contributed by atoms with Gasteiger partial charge in [0.1, 0.15) is 22.8 Å². The van der Waals surface area contributed by atoms with Crippen LogP contribution < -0.4 is 4.74 Å². The van der Waals surface area contributed by atoms with E-state index in [0.29, 0.717) is 17.1 Å². The minimum Gasteiger partial charge on any atom is -0.506 e. The summed E-state index contributed by atoms with van der Waals surface area (Å²) in [5.74, 6) is 2.00. The molecule has 5 heteroatoms. The first-order chi connectivity index (χ1) is 22.8. The molecule has 0 spiro atoms. The molecule has 1 N–H and O–H groups in total. The van der Waals surface area contributed by atoms with Crippen LogP contribution in [0.1, 0.15) is 26.3 Å². The van der Waals surface area contributed by atoms with Crippen molar-refractivity contribution in [2.24, 2.45) is 0 Å². The Balaban J connectivity index is 1.29. The highest BCUT2D eigenvalue weighted by Crippen LogP contribution is 2.39. The summed E-state index contributed by atoms with van der Waals surface area (Å²) in [4.78, 5) is 9.90. The second kappa shape index (κ2) is 11.1. The molecular formula is C42H33N3O2. The summed E-state index contributed by atoms with van der Waals surface area (Å²) in [6.45, 7) is 6.47. The van der Waals surface area contributed by atoms with Crippen molar-refractivity contribution in [3.05, 3.63) is 145 Å². The molecule has 0 saturated carbocycles. The highest BCUT2D eigenvalue weighted by atomic mass is 16.5. The van der Waals surface area contributed by atoms with Crippen LogP contribution in [0.15, 0.2) is 140 Å². The van der Waals surface area contributed by atoms with Gasteiger partial charge in [0.05, 0.1) is 16.7 Å². The van der Waals surface area contributed by atoms with Crippen molar-refractivity contribution in [3.63, 3.8) is 0 Å². The van der Waals surface area contributed by atoms with Crippen LogP contribution in [0.3, 0.4) is 0 Å². The van der Waals surface area contributed by atoms with E-state index in [1.54, 1.807) is 6.07 Å². The monoisotopic (exact) mass is 611 g/mol. The molecule has 5 nitrogen and oxygen atoms in total. The topological polar surface area (TPSA) is 60.2 Å². The SMILES string of the molecule is CC(C)(C)c1ccc(O)c2nc(Oc3ccc4c5ccc(-c6ccccc6)cc5n(-c5cccc(-c6ccccc6)n5)c4c3)ccc12. The van der Waals surface area contributed by atoms with Gasteiger partial charge in [-0.3, -0.25) is 4.57 Å². The molecule has 0 aliphatic carbocycles. The summed E-state index contributed by atoms with van der Waals surface area (Å²) in [5.41, 5.74) is 7.83. The van der Waals surface area contributed by atoms with E-state index in [-0.39, 0.29) is 11.2 Å². The van der Waals surface area contributed by atoms with Crippen molar-refractivity contribution >= 4 is 32.7 Å². The lowest BCUT2D eigenvalue weighted by atomic mass is 9.84. The molecule has 0 bridgehead atoms. The summed E-state index contributed by atoms with van der Waals surface area (Å²) in [6, 6.07) is 47.1. The molecule has 8 aromatic rings. The summed E-state index contributed by atoms with van der Waals surface area (Å²) in [7, 11) is 0. The van der Waals surface area contributed by atoms with E-state index in [1.807, 2.05) is 60.7 Å². The number of hydrogen-bond acceptors (Lipinski definition) is 4. The van der Waals surface area contributed by atoms with Crippen molar-refractivity contribution in [1.29, 1.82) is 0 Å². The number of phenolic OH excluding ortho intramolecular Hbond substituents is 1. The molecule has 8 rings (SSSR count). The van der Waals surface area contributed by atoms with Gasteiger partial charge >= 0.3 is 0 Å². The Labute approximate surface area is 273 Å². The zero-order chi connectivity index (χ0) is 32.1. The molecule has 3 aromatic heterocycles. The van der Waals surface area contributed by atoms with Gasteiger partial charge in [0.15, 0.2) is 0 Å². The van der Waals surface area contributed by atoms with E-state index in [0.717, 1.165) is 61.0 Å². The van der Waals surface area contributed by atoms with Crippen LogP contribution in [0.5, 0.6) is 17.4 Å². The predicted molar refractivity (Wildman–Crippen MR) is 192 cm³/mol. The smallest absolute Gasteiger partial charge is 0.219 e. The van der Waals surface area contributed by atoms with Gasteiger partial charge in [-0.25, -0.2) is 9.97 Å². The number of pyridine rings is 2. The Morgan fingerprint density at radius 3 is 2.00 bits per heavy atom. The standard InChI is InChI=1S/C42H33N3O2/c1-42(2,3)34-22-23-38(46)41-33(34)21-24-40(44-41)47-30-18-20-32-31-19-17-29(27-11-6-4-7-12-27)25-36(31)45(37(32)26-30)39-16-10-15-35(43-39)28-13-8-5-9-14-28/h4-26,46H,1-3H3. The maximum absolute atomic E-state index is 10.7. The molecule has 0 atom stereocenters. The number of ether oxygens (including phenoxy) is 1. The third-order valence-corrected chi connectivity index (χ3v) is 8.72. The molecule has 0 aliphatic heterocycles. The first-order valence-electron chi connectivity index (χ1n) is 15.8. The molecule has 0 saturated heterocycles. The van der Waals surface area contributed by atoms with Crippen molar-refractivity contribution < 1.29 is 9.84 Å². The van der Waals surface area contributed by atoms with Gasteiger partial charge in [-0.1, -0.05) is 106 Å². The Morgan fingerprint density at radius 2 is 1.26 bits per heavy atom. The van der Waals surface area contributed by atoms with E-state index in [2.05, 4.69) is 98.1 Å². The van der Waals surface area contributed by atoms with Crippen LogP contribution in [-0.4, -0.2) is 19.6 Å². The number of aromatic nitrogens is 3. The van der Waals surface area contributed by atoms with Gasteiger partial charge in [-0.15, -0.1) is 0 Å². The molecule has 5 aromatic carbocycles. The number of benzene rings is 5.